The van der Waals surface area contributed by atoms with Crippen molar-refractivity contribution in [2.45, 2.75) is 97.3 Å². The van der Waals surface area contributed by atoms with Crippen molar-refractivity contribution in [3.05, 3.63) is 0 Å². The fraction of sp³-hybridized carbons (Fsp3) is 0.905. The first-order valence-electron chi connectivity index (χ1n) is 10.6. The summed E-state index contributed by atoms with van der Waals surface area (Å²) in [5, 5.41) is 9.55. The molecule has 1 aliphatic carbocycles. The van der Waals surface area contributed by atoms with Gasteiger partial charge in [-0.2, -0.15) is 0 Å². The van der Waals surface area contributed by atoms with E-state index in [-0.39, 0.29) is 37.2 Å². The lowest BCUT2D eigenvalue weighted by Gasteiger charge is -2.35. The van der Waals surface area contributed by atoms with Gasteiger partial charge in [0, 0.05) is 18.6 Å². The summed E-state index contributed by atoms with van der Waals surface area (Å²) in [5.74, 6) is 0.365. The molecule has 2 aliphatic heterocycles. The Morgan fingerprint density at radius 3 is 2.37 bits per heavy atom. The van der Waals surface area contributed by atoms with E-state index in [1.54, 1.807) is 7.05 Å². The largest absolute Gasteiger partial charge is 0.343 e. The average Bonchev–Trinajstić information content (AvgIpc) is 3.30. The molecule has 3 N–H and O–H groups in total. The van der Waals surface area contributed by atoms with Gasteiger partial charge in [-0.3, -0.25) is 9.59 Å². The smallest absolute Gasteiger partial charge is 0.245 e. The molecule has 2 unspecified atom stereocenters. The molecule has 4 atom stereocenters. The minimum Gasteiger partial charge on any atom is -0.343 e. The summed E-state index contributed by atoms with van der Waals surface area (Å²) < 4.78 is 0. The number of hydrogen-bond donors (Lipinski definition) is 3. The van der Waals surface area contributed by atoms with Gasteiger partial charge in [0.05, 0.1) is 6.04 Å². The summed E-state index contributed by atoms with van der Waals surface area (Å²) >= 11 is 0. The van der Waals surface area contributed by atoms with Gasteiger partial charge in [-0.1, -0.05) is 40.5 Å². The van der Waals surface area contributed by atoms with Crippen molar-refractivity contribution in [2.24, 2.45) is 5.92 Å². The Labute approximate surface area is 166 Å². The number of amides is 2. The van der Waals surface area contributed by atoms with Crippen LogP contribution in [-0.2, 0) is 9.59 Å². The van der Waals surface area contributed by atoms with Crippen LogP contribution in [0.1, 0.15) is 73.1 Å². The number of rotatable bonds is 5. The third-order valence-corrected chi connectivity index (χ3v) is 6.19. The van der Waals surface area contributed by atoms with Crippen molar-refractivity contribution in [1.82, 2.24) is 20.9 Å². The molecule has 6 heteroatoms. The minimum atomic E-state index is -0.354. The van der Waals surface area contributed by atoms with Crippen LogP contribution in [-0.4, -0.2) is 61.0 Å². The first kappa shape index (κ1) is 23.9. The summed E-state index contributed by atoms with van der Waals surface area (Å²) in [6.07, 6.45) is 7.74. The van der Waals surface area contributed by atoms with Crippen molar-refractivity contribution >= 4 is 11.8 Å². The molecule has 27 heavy (non-hydrogen) atoms. The number of likely N-dealkylation sites (N-methyl/N-ethyl adjacent to an activating group) is 1. The van der Waals surface area contributed by atoms with E-state index >= 15 is 0 Å². The molecule has 3 fully saturated rings. The molecule has 2 amide bonds. The van der Waals surface area contributed by atoms with Gasteiger partial charge in [-0.15, -0.1) is 0 Å². The lowest BCUT2D eigenvalue weighted by molar-refractivity contribution is -0.139. The molecule has 0 aromatic heterocycles. The van der Waals surface area contributed by atoms with E-state index in [0.29, 0.717) is 12.1 Å². The fourth-order valence-electron chi connectivity index (χ4n) is 4.58. The van der Waals surface area contributed by atoms with E-state index < -0.39 is 0 Å². The molecule has 6 nitrogen and oxygen atoms in total. The third kappa shape index (κ3) is 5.67. The van der Waals surface area contributed by atoms with Gasteiger partial charge >= 0.3 is 0 Å². The van der Waals surface area contributed by atoms with Crippen molar-refractivity contribution in [3.63, 3.8) is 0 Å². The summed E-state index contributed by atoms with van der Waals surface area (Å²) in [4.78, 5) is 27.8. The highest BCUT2D eigenvalue weighted by atomic mass is 16.2. The summed E-state index contributed by atoms with van der Waals surface area (Å²) in [7, 11) is 1.77. The zero-order chi connectivity index (χ0) is 19.1. The second-order valence-electron chi connectivity index (χ2n) is 7.63. The van der Waals surface area contributed by atoms with E-state index in [9.17, 15) is 9.59 Å². The Kier molecular flexibility index (Phi) is 10.3. The van der Waals surface area contributed by atoms with Crippen LogP contribution in [0, 0.1) is 5.92 Å². The van der Waals surface area contributed by atoms with Gasteiger partial charge in [0.1, 0.15) is 6.04 Å². The van der Waals surface area contributed by atoms with Gasteiger partial charge in [0.15, 0.2) is 0 Å². The predicted octanol–water partition coefficient (Wildman–Crippen LogP) is 2.28. The molecule has 0 aromatic carbocycles. The Hall–Kier alpha value is -1.14. The molecule has 158 valence electrons. The van der Waals surface area contributed by atoms with Crippen molar-refractivity contribution in [3.8, 4) is 0 Å². The fourth-order valence-corrected chi connectivity index (χ4v) is 4.58. The topological polar surface area (TPSA) is 73.5 Å². The van der Waals surface area contributed by atoms with E-state index in [0.717, 1.165) is 38.8 Å². The van der Waals surface area contributed by atoms with Crippen LogP contribution < -0.4 is 16.0 Å². The van der Waals surface area contributed by atoms with Gasteiger partial charge in [-0.25, -0.2) is 0 Å². The van der Waals surface area contributed by atoms with Crippen LogP contribution in [0.2, 0.25) is 0 Å². The Morgan fingerprint density at radius 1 is 1.07 bits per heavy atom. The van der Waals surface area contributed by atoms with Gasteiger partial charge in [0.25, 0.3) is 0 Å². The standard InChI is InChI=1S/C18H32N4O2.C2H6.CH4/c1-12(19-2)17(23)21-16(13-6-4-3-5-7-13)18(24)22-11-9-14-15(22)8-10-20-14;1-2;/h12-16,19-20H,3-11H2,1-2H3,(H,21,23);1-2H3;1H4/t12-,14?,15+,16?;;/m0../s1. The lowest BCUT2D eigenvalue weighted by atomic mass is 9.83. The van der Waals surface area contributed by atoms with Crippen LogP contribution in [0.3, 0.4) is 0 Å². The first-order valence-corrected chi connectivity index (χ1v) is 10.6. The first-order chi connectivity index (χ1) is 12.6. The van der Waals surface area contributed by atoms with Crippen molar-refractivity contribution in [1.29, 1.82) is 0 Å². The van der Waals surface area contributed by atoms with E-state index in [2.05, 4.69) is 16.0 Å². The molecule has 2 heterocycles. The van der Waals surface area contributed by atoms with Crippen LogP contribution in [0.25, 0.3) is 0 Å². The van der Waals surface area contributed by atoms with Crippen LogP contribution in [0.4, 0.5) is 0 Å². The van der Waals surface area contributed by atoms with Crippen molar-refractivity contribution < 1.29 is 9.59 Å². The maximum atomic E-state index is 13.3. The van der Waals surface area contributed by atoms with E-state index in [4.69, 9.17) is 0 Å². The Morgan fingerprint density at radius 2 is 1.74 bits per heavy atom. The maximum Gasteiger partial charge on any atom is 0.245 e. The summed E-state index contributed by atoms with van der Waals surface area (Å²) in [6, 6.07) is 0.145. The molecule has 3 rings (SSSR count). The van der Waals surface area contributed by atoms with Gasteiger partial charge in [0.2, 0.25) is 11.8 Å². The highest BCUT2D eigenvalue weighted by molar-refractivity contribution is 5.90. The molecule has 0 aromatic rings. The van der Waals surface area contributed by atoms with Crippen LogP contribution >= 0.6 is 0 Å². The normalized spacial score (nSPS) is 26.9. The number of hydrogen-bond acceptors (Lipinski definition) is 4. The van der Waals surface area contributed by atoms with Crippen molar-refractivity contribution in [2.75, 3.05) is 20.1 Å². The molecule has 0 radical (unpaired) electrons. The van der Waals surface area contributed by atoms with Gasteiger partial charge in [-0.05, 0) is 52.1 Å². The lowest BCUT2D eigenvalue weighted by Crippen LogP contribution is -2.56. The highest BCUT2D eigenvalue weighted by Crippen LogP contribution is 2.31. The monoisotopic (exact) mass is 382 g/mol. The zero-order valence-electron chi connectivity index (χ0n) is 17.0. The average molecular weight is 383 g/mol. The van der Waals surface area contributed by atoms with Crippen LogP contribution in [0.5, 0.6) is 0 Å². The molecule has 0 spiro atoms. The SMILES string of the molecule is C.CC.CN[C@@H](C)C(=O)NC(C(=O)N1CCC2NCC[C@H]21)C1CCCCC1. The number of nitrogens with one attached hydrogen (secondary N) is 3. The Balaban J connectivity index is 0.00000118. The quantitative estimate of drug-likeness (QED) is 0.682. The molecule has 0 bridgehead atoms. The minimum absolute atomic E-state index is 0. The predicted molar refractivity (Wildman–Crippen MR) is 112 cm³/mol. The summed E-state index contributed by atoms with van der Waals surface area (Å²) in [6.45, 7) is 7.66. The molecule has 1 saturated carbocycles. The van der Waals surface area contributed by atoms with Crippen LogP contribution in [0.15, 0.2) is 0 Å². The summed E-state index contributed by atoms with van der Waals surface area (Å²) in [5.41, 5.74) is 0. The molecular weight excluding hydrogens is 340 g/mol. The molecular formula is C21H42N4O2. The van der Waals surface area contributed by atoms with Gasteiger partial charge < -0.3 is 20.9 Å². The highest BCUT2D eigenvalue weighted by Gasteiger charge is 2.43. The molecule has 3 aliphatic rings. The van der Waals surface area contributed by atoms with E-state index in [1.807, 2.05) is 25.7 Å². The second kappa shape index (κ2) is 11.6. The number of fused-ring (bicyclic) bond motifs is 1. The maximum absolute atomic E-state index is 13.3. The number of carbonyl (C=O) groups excluding carboxylic acids is 2. The Bertz CT molecular complexity index is 465. The third-order valence-electron chi connectivity index (χ3n) is 6.19. The number of nitrogens with zero attached hydrogens (tertiary/aromatic N) is 1. The zero-order valence-corrected chi connectivity index (χ0v) is 17.0. The second-order valence-corrected chi connectivity index (χ2v) is 7.63. The number of likely N-dealkylation sites (tertiary alicyclic amines) is 1. The molecule has 2 saturated heterocycles. The number of carbonyl (C=O) groups is 2. The van der Waals surface area contributed by atoms with E-state index in [1.165, 1.54) is 19.3 Å².